The van der Waals surface area contributed by atoms with Crippen molar-refractivity contribution in [1.82, 2.24) is 9.55 Å². The summed E-state index contributed by atoms with van der Waals surface area (Å²) in [6.45, 7) is 9.04. The summed E-state index contributed by atoms with van der Waals surface area (Å²) in [6, 6.07) is 31.4. The van der Waals surface area contributed by atoms with Crippen molar-refractivity contribution < 1.29 is 18.7 Å². The van der Waals surface area contributed by atoms with E-state index < -0.39 is 26.3 Å². The maximum Gasteiger partial charge on any atom is 0.351 e. The number of amides is 1. The van der Waals surface area contributed by atoms with E-state index in [4.69, 9.17) is 13.9 Å². The summed E-state index contributed by atoms with van der Waals surface area (Å²) in [6.07, 6.45) is 2.73. The van der Waals surface area contributed by atoms with Crippen LogP contribution in [-0.2, 0) is 13.9 Å². The molecule has 8 nitrogen and oxygen atoms in total. The van der Waals surface area contributed by atoms with Gasteiger partial charge in [-0.3, -0.25) is 9.36 Å². The molecule has 4 atom stereocenters. The first-order chi connectivity index (χ1) is 22.1. The van der Waals surface area contributed by atoms with Crippen LogP contribution in [0.4, 0.5) is 5.82 Å². The molecule has 0 spiro atoms. The molecular formula is C35H41N3O5S2Si. The van der Waals surface area contributed by atoms with Crippen LogP contribution in [0.3, 0.4) is 0 Å². The van der Waals surface area contributed by atoms with Gasteiger partial charge in [-0.2, -0.15) is 4.98 Å². The van der Waals surface area contributed by atoms with Crippen LogP contribution < -0.4 is 21.4 Å². The Morgan fingerprint density at radius 3 is 2.13 bits per heavy atom. The minimum atomic E-state index is -2.83. The summed E-state index contributed by atoms with van der Waals surface area (Å²) in [5.41, 5.74) is -0.133. The molecule has 5 rings (SSSR count). The van der Waals surface area contributed by atoms with Crippen molar-refractivity contribution in [1.29, 1.82) is 0 Å². The molecule has 1 N–H and O–H groups in total. The zero-order chi connectivity index (χ0) is 32.7. The summed E-state index contributed by atoms with van der Waals surface area (Å²) in [5, 5.41) is 4.87. The van der Waals surface area contributed by atoms with Crippen LogP contribution in [0.15, 0.2) is 108 Å². The Morgan fingerprint density at radius 2 is 1.59 bits per heavy atom. The van der Waals surface area contributed by atoms with Crippen molar-refractivity contribution in [3.8, 4) is 0 Å². The first-order valence-electron chi connectivity index (χ1n) is 15.3. The molecule has 0 unspecified atom stereocenters. The fourth-order valence-electron chi connectivity index (χ4n) is 6.02. The number of rotatable bonds is 12. The number of anilines is 1. The van der Waals surface area contributed by atoms with E-state index in [1.54, 1.807) is 58.1 Å². The molecule has 1 aliphatic heterocycles. The van der Waals surface area contributed by atoms with Crippen LogP contribution in [0.1, 0.15) is 50.7 Å². The highest BCUT2D eigenvalue weighted by atomic mass is 33.1. The Balaban J connectivity index is 1.41. The minimum Gasteiger partial charge on any atom is -0.405 e. The van der Waals surface area contributed by atoms with Gasteiger partial charge in [-0.15, -0.1) is 0 Å². The topological polar surface area (TPSA) is 91.7 Å². The lowest BCUT2D eigenvalue weighted by Gasteiger charge is -2.43. The molecule has 0 bridgehead atoms. The number of benzene rings is 3. The number of hydrogen-bond acceptors (Lipinski definition) is 8. The Labute approximate surface area is 279 Å². The van der Waals surface area contributed by atoms with Crippen molar-refractivity contribution in [2.75, 3.05) is 18.2 Å². The van der Waals surface area contributed by atoms with E-state index in [0.717, 1.165) is 0 Å². The van der Waals surface area contributed by atoms with Crippen molar-refractivity contribution in [2.24, 2.45) is 0 Å². The van der Waals surface area contributed by atoms with E-state index >= 15 is 0 Å². The maximum absolute atomic E-state index is 13.2. The molecule has 4 aromatic rings. The number of carbonyl (C=O) groups is 1. The lowest BCUT2D eigenvalue weighted by Crippen LogP contribution is -2.67. The zero-order valence-corrected chi connectivity index (χ0v) is 29.4. The predicted octanol–water partition coefficient (Wildman–Crippen LogP) is 6.10. The van der Waals surface area contributed by atoms with Crippen LogP contribution in [-0.4, -0.2) is 54.3 Å². The molecule has 0 saturated carbocycles. The van der Waals surface area contributed by atoms with Gasteiger partial charge in [-0.25, -0.2) is 4.79 Å². The van der Waals surface area contributed by atoms with Gasteiger partial charge in [-0.05, 0) is 46.8 Å². The van der Waals surface area contributed by atoms with E-state index in [9.17, 15) is 9.59 Å². The molecule has 1 fully saturated rings. The van der Waals surface area contributed by atoms with Crippen molar-refractivity contribution in [2.45, 2.75) is 63.0 Å². The lowest BCUT2D eigenvalue weighted by atomic mass is 10.2. The summed E-state index contributed by atoms with van der Waals surface area (Å²) in [7, 11) is 0.443. The second-order valence-corrected chi connectivity index (χ2v) is 19.2. The fraction of sp³-hybridized carbons (Fsp3) is 0.343. The minimum absolute atomic E-state index is 0.0943. The highest BCUT2D eigenvalue weighted by Crippen LogP contribution is 2.39. The molecular weight excluding hydrogens is 635 g/mol. The first kappa shape index (κ1) is 34.1. The number of ether oxygens (including phenoxy) is 2. The molecule has 11 heteroatoms. The zero-order valence-electron chi connectivity index (χ0n) is 26.8. The van der Waals surface area contributed by atoms with Gasteiger partial charge < -0.3 is 19.2 Å². The third-order valence-corrected chi connectivity index (χ3v) is 15.0. The molecule has 46 heavy (non-hydrogen) atoms. The van der Waals surface area contributed by atoms with Gasteiger partial charge >= 0.3 is 5.69 Å². The average molecular weight is 676 g/mol. The predicted molar refractivity (Wildman–Crippen MR) is 190 cm³/mol. The average Bonchev–Trinajstić information content (AvgIpc) is 3.44. The smallest absolute Gasteiger partial charge is 0.351 e. The summed E-state index contributed by atoms with van der Waals surface area (Å²) >= 11 is 0. The molecule has 0 aliphatic carbocycles. The maximum atomic E-state index is 13.2. The van der Waals surface area contributed by atoms with Crippen LogP contribution >= 0.6 is 21.6 Å². The molecule has 1 aliphatic rings. The fourth-order valence-corrected chi connectivity index (χ4v) is 12.0. The van der Waals surface area contributed by atoms with Crippen molar-refractivity contribution in [3.63, 3.8) is 0 Å². The summed E-state index contributed by atoms with van der Waals surface area (Å²) in [4.78, 5) is 30.0. The largest absolute Gasteiger partial charge is 0.405 e. The van der Waals surface area contributed by atoms with Crippen LogP contribution in [0.5, 0.6) is 0 Å². The number of aromatic nitrogens is 2. The normalized spacial score (nSPS) is 19.1. The number of hydrogen-bond donors (Lipinski definition) is 1. The van der Waals surface area contributed by atoms with Crippen LogP contribution in [0.2, 0.25) is 5.04 Å². The van der Waals surface area contributed by atoms with Crippen molar-refractivity contribution >= 4 is 52.0 Å². The van der Waals surface area contributed by atoms with E-state index in [1.165, 1.54) is 14.9 Å². The quantitative estimate of drug-likeness (QED) is 0.109. The first-order valence-corrected chi connectivity index (χ1v) is 19.9. The molecule has 3 aromatic carbocycles. The summed E-state index contributed by atoms with van der Waals surface area (Å²) < 4.78 is 21.8. The van der Waals surface area contributed by atoms with E-state index in [0.29, 0.717) is 18.6 Å². The summed E-state index contributed by atoms with van der Waals surface area (Å²) in [5.74, 6) is -0.158. The molecule has 1 aromatic heterocycles. The molecule has 0 radical (unpaired) electrons. The second-order valence-electron chi connectivity index (χ2n) is 12.2. The van der Waals surface area contributed by atoms with Gasteiger partial charge in [0.05, 0.1) is 12.7 Å². The Morgan fingerprint density at radius 1 is 1.00 bits per heavy atom. The Kier molecular flexibility index (Phi) is 11.2. The van der Waals surface area contributed by atoms with Gasteiger partial charge in [0, 0.05) is 18.2 Å². The SMILES string of the molecule is CSS[C@@H](C)O[C@@H]1C[C@H](n2ccc(NC(=O)c3ccccc3)nc2=O)O[C@@H]1CO[Si](c1ccccc1)(c1ccccc1)C(C)(C)C. The molecule has 1 saturated heterocycles. The van der Waals surface area contributed by atoms with Gasteiger partial charge in [0.15, 0.2) is 0 Å². The molecule has 242 valence electrons. The number of carbonyl (C=O) groups excluding carboxylic acids is 1. The highest BCUT2D eigenvalue weighted by molar-refractivity contribution is 8.76. The van der Waals surface area contributed by atoms with E-state index in [2.05, 4.69) is 79.6 Å². The second kappa shape index (κ2) is 15.1. The van der Waals surface area contributed by atoms with Crippen LogP contribution in [0, 0.1) is 0 Å². The van der Waals surface area contributed by atoms with Gasteiger partial charge in [0.25, 0.3) is 14.2 Å². The monoisotopic (exact) mass is 675 g/mol. The Bertz CT molecular complexity index is 1600. The number of nitrogens with one attached hydrogen (secondary N) is 1. The van der Waals surface area contributed by atoms with Gasteiger partial charge in [0.2, 0.25) is 0 Å². The number of nitrogens with zero attached hydrogens (tertiary/aromatic N) is 2. The van der Waals surface area contributed by atoms with Crippen molar-refractivity contribution in [3.05, 3.63) is 119 Å². The molecule has 1 amide bonds. The van der Waals surface area contributed by atoms with Gasteiger partial charge in [0.1, 0.15) is 23.6 Å². The standard InChI is InChI=1S/C35H41N3O5S2Si/c1-25(45-44-5)42-29-23-32(38-22-21-31(37-34(38)40)36-33(39)26-15-9-6-10-16-26)43-30(29)24-41-46(35(2,3)4,27-17-11-7-12-18-27)28-19-13-8-14-20-28/h6-22,25,29-30,32H,23-24H2,1-5H3,(H,36,37,39,40)/t25-,29+,30+,32+/m0/s1. The highest BCUT2D eigenvalue weighted by Gasteiger charge is 2.51. The molecule has 2 heterocycles. The lowest BCUT2D eigenvalue weighted by molar-refractivity contribution is -0.0615. The van der Waals surface area contributed by atoms with Crippen LogP contribution in [0.25, 0.3) is 0 Å². The van der Waals surface area contributed by atoms with E-state index in [1.807, 2.05) is 31.4 Å². The van der Waals surface area contributed by atoms with E-state index in [-0.39, 0.29) is 28.3 Å². The Hall–Kier alpha value is -3.19. The third kappa shape index (κ3) is 7.67. The van der Waals surface area contributed by atoms with Gasteiger partial charge in [-0.1, -0.05) is 121 Å². The third-order valence-electron chi connectivity index (χ3n) is 8.08.